The van der Waals surface area contributed by atoms with Gasteiger partial charge in [0.05, 0.1) is 6.42 Å². The maximum Gasteiger partial charge on any atom is 0.305 e. The molecule has 2 N–H and O–H groups in total. The van der Waals surface area contributed by atoms with Crippen LogP contribution in [0.1, 0.15) is 33.1 Å². The van der Waals surface area contributed by atoms with Gasteiger partial charge >= 0.3 is 5.97 Å². The fraction of sp³-hybridized carbons (Fsp3) is 0.818. The Labute approximate surface area is 96.2 Å². The number of aliphatic carboxylic acids is 1. The molecule has 0 bridgehead atoms. The van der Waals surface area contributed by atoms with Crippen molar-refractivity contribution in [3.8, 4) is 0 Å². The quantitative estimate of drug-likeness (QED) is 0.654. The maximum absolute atomic E-state index is 11.5. The first kappa shape index (κ1) is 14.9. The van der Waals surface area contributed by atoms with E-state index < -0.39 is 5.97 Å². The standard InChI is InChI=1S/C11H21NO4/c1-4-9(6-11(14)15)12-10(13)5-8(2)7-16-3/h8-9H,4-7H2,1-3H3,(H,12,13)(H,14,15). The molecule has 0 aliphatic heterocycles. The number of nitrogens with one attached hydrogen (secondary N) is 1. The highest BCUT2D eigenvalue weighted by atomic mass is 16.5. The van der Waals surface area contributed by atoms with Crippen molar-refractivity contribution < 1.29 is 19.4 Å². The summed E-state index contributed by atoms with van der Waals surface area (Å²) in [5.41, 5.74) is 0. The minimum Gasteiger partial charge on any atom is -0.481 e. The van der Waals surface area contributed by atoms with Gasteiger partial charge in [-0.2, -0.15) is 0 Å². The summed E-state index contributed by atoms with van der Waals surface area (Å²) in [5.74, 6) is -0.859. The van der Waals surface area contributed by atoms with E-state index in [1.807, 2.05) is 13.8 Å². The summed E-state index contributed by atoms with van der Waals surface area (Å²) in [5, 5.41) is 11.3. The molecule has 0 aliphatic carbocycles. The highest BCUT2D eigenvalue weighted by Crippen LogP contribution is 2.04. The van der Waals surface area contributed by atoms with Crippen molar-refractivity contribution >= 4 is 11.9 Å². The van der Waals surface area contributed by atoms with E-state index in [-0.39, 0.29) is 24.3 Å². The topological polar surface area (TPSA) is 75.6 Å². The Balaban J connectivity index is 3.95. The molecule has 0 fully saturated rings. The van der Waals surface area contributed by atoms with E-state index in [0.29, 0.717) is 19.4 Å². The number of carbonyl (C=O) groups is 2. The lowest BCUT2D eigenvalue weighted by molar-refractivity contribution is -0.137. The number of carboxylic acid groups (broad SMARTS) is 1. The zero-order chi connectivity index (χ0) is 12.6. The van der Waals surface area contributed by atoms with E-state index in [9.17, 15) is 9.59 Å². The number of hydrogen-bond donors (Lipinski definition) is 2. The number of amides is 1. The van der Waals surface area contributed by atoms with Crippen LogP contribution in [-0.2, 0) is 14.3 Å². The van der Waals surface area contributed by atoms with Crippen LogP contribution in [0.4, 0.5) is 0 Å². The molecular weight excluding hydrogens is 210 g/mol. The minimum absolute atomic E-state index is 0.0269. The average Bonchev–Trinajstić information content (AvgIpc) is 2.15. The molecule has 0 rings (SSSR count). The number of rotatable bonds is 8. The van der Waals surface area contributed by atoms with Gasteiger partial charge in [0, 0.05) is 26.2 Å². The summed E-state index contributed by atoms with van der Waals surface area (Å²) in [7, 11) is 1.59. The molecule has 1 amide bonds. The van der Waals surface area contributed by atoms with Crippen LogP contribution in [0.3, 0.4) is 0 Å². The van der Waals surface area contributed by atoms with Gasteiger partial charge in [-0.15, -0.1) is 0 Å². The third-order valence-corrected chi connectivity index (χ3v) is 2.26. The first-order valence-electron chi connectivity index (χ1n) is 5.49. The number of carboxylic acids is 1. The van der Waals surface area contributed by atoms with Crippen molar-refractivity contribution in [3.05, 3.63) is 0 Å². The van der Waals surface area contributed by atoms with Gasteiger partial charge in [-0.05, 0) is 12.3 Å². The summed E-state index contributed by atoms with van der Waals surface area (Å²) in [4.78, 5) is 22.0. The van der Waals surface area contributed by atoms with Crippen LogP contribution in [0.15, 0.2) is 0 Å². The molecule has 0 aromatic carbocycles. The molecule has 0 saturated carbocycles. The lowest BCUT2D eigenvalue weighted by atomic mass is 10.1. The van der Waals surface area contributed by atoms with E-state index in [4.69, 9.17) is 9.84 Å². The molecule has 0 aromatic heterocycles. The molecule has 0 heterocycles. The number of hydrogen-bond acceptors (Lipinski definition) is 3. The lowest BCUT2D eigenvalue weighted by Gasteiger charge is -2.16. The Kier molecular flexibility index (Phi) is 7.54. The third kappa shape index (κ3) is 7.23. The molecular formula is C11H21NO4. The Hall–Kier alpha value is -1.10. The number of ether oxygens (including phenoxy) is 1. The Morgan fingerprint density at radius 3 is 2.44 bits per heavy atom. The summed E-state index contributed by atoms with van der Waals surface area (Å²) in [6.45, 7) is 4.30. The predicted octanol–water partition coefficient (Wildman–Crippen LogP) is 1.03. The second-order valence-electron chi connectivity index (χ2n) is 4.04. The maximum atomic E-state index is 11.5. The largest absolute Gasteiger partial charge is 0.481 e. The highest BCUT2D eigenvalue weighted by Gasteiger charge is 2.15. The molecule has 0 aromatic rings. The smallest absolute Gasteiger partial charge is 0.305 e. The van der Waals surface area contributed by atoms with Crippen molar-refractivity contribution in [1.29, 1.82) is 0 Å². The zero-order valence-corrected chi connectivity index (χ0v) is 10.2. The molecule has 0 spiro atoms. The average molecular weight is 231 g/mol. The molecule has 0 saturated heterocycles. The molecule has 5 nitrogen and oxygen atoms in total. The van der Waals surface area contributed by atoms with Crippen molar-refractivity contribution in [3.63, 3.8) is 0 Å². The zero-order valence-electron chi connectivity index (χ0n) is 10.2. The first-order valence-corrected chi connectivity index (χ1v) is 5.49. The van der Waals surface area contributed by atoms with Gasteiger partial charge < -0.3 is 15.2 Å². The van der Waals surface area contributed by atoms with Gasteiger partial charge in [-0.1, -0.05) is 13.8 Å². The van der Waals surface area contributed by atoms with Crippen LogP contribution >= 0.6 is 0 Å². The fourth-order valence-corrected chi connectivity index (χ4v) is 1.45. The first-order chi connectivity index (χ1) is 7.49. The molecule has 0 aliphatic rings. The molecule has 2 atom stereocenters. The molecule has 16 heavy (non-hydrogen) atoms. The summed E-state index contributed by atoms with van der Waals surface area (Å²) >= 11 is 0. The van der Waals surface area contributed by atoms with E-state index in [0.717, 1.165) is 0 Å². The van der Waals surface area contributed by atoms with Crippen molar-refractivity contribution in [2.24, 2.45) is 5.92 Å². The molecule has 0 radical (unpaired) electrons. The summed E-state index contributed by atoms with van der Waals surface area (Å²) in [6.07, 6.45) is 0.960. The van der Waals surface area contributed by atoms with Gasteiger partial charge in [-0.3, -0.25) is 9.59 Å². The van der Waals surface area contributed by atoms with Crippen LogP contribution in [0, 0.1) is 5.92 Å². The van der Waals surface area contributed by atoms with E-state index in [2.05, 4.69) is 5.32 Å². The van der Waals surface area contributed by atoms with Crippen molar-refractivity contribution in [1.82, 2.24) is 5.32 Å². The summed E-state index contributed by atoms with van der Waals surface area (Å²) in [6, 6.07) is -0.278. The van der Waals surface area contributed by atoms with Gasteiger partial charge in [0.15, 0.2) is 0 Å². The van der Waals surface area contributed by atoms with Gasteiger partial charge in [-0.25, -0.2) is 0 Å². The van der Waals surface area contributed by atoms with Crippen molar-refractivity contribution in [2.75, 3.05) is 13.7 Å². The van der Waals surface area contributed by atoms with Crippen LogP contribution in [0.25, 0.3) is 0 Å². The highest BCUT2D eigenvalue weighted by molar-refractivity contribution is 5.77. The van der Waals surface area contributed by atoms with Gasteiger partial charge in [0.2, 0.25) is 5.91 Å². The normalized spacial score (nSPS) is 14.2. The summed E-state index contributed by atoms with van der Waals surface area (Å²) < 4.78 is 4.93. The number of methoxy groups -OCH3 is 1. The van der Waals surface area contributed by atoms with Crippen molar-refractivity contribution in [2.45, 2.75) is 39.2 Å². The minimum atomic E-state index is -0.892. The molecule has 94 valence electrons. The second kappa shape index (κ2) is 8.10. The van der Waals surface area contributed by atoms with Gasteiger partial charge in [0.25, 0.3) is 0 Å². The van der Waals surface area contributed by atoms with Crippen LogP contribution in [0.2, 0.25) is 0 Å². The predicted molar refractivity (Wildman–Crippen MR) is 60.1 cm³/mol. The second-order valence-corrected chi connectivity index (χ2v) is 4.04. The van der Waals surface area contributed by atoms with E-state index in [1.165, 1.54) is 0 Å². The molecule has 2 unspecified atom stereocenters. The SMILES string of the molecule is CCC(CC(=O)O)NC(=O)CC(C)COC. The van der Waals surface area contributed by atoms with Crippen LogP contribution in [-0.4, -0.2) is 36.7 Å². The van der Waals surface area contributed by atoms with E-state index in [1.54, 1.807) is 7.11 Å². The monoisotopic (exact) mass is 231 g/mol. The Bertz CT molecular complexity index is 230. The number of carbonyl (C=O) groups excluding carboxylic acids is 1. The van der Waals surface area contributed by atoms with Crippen LogP contribution < -0.4 is 5.32 Å². The molecule has 5 heteroatoms. The van der Waals surface area contributed by atoms with Crippen LogP contribution in [0.5, 0.6) is 0 Å². The lowest BCUT2D eigenvalue weighted by Crippen LogP contribution is -2.37. The fourth-order valence-electron chi connectivity index (χ4n) is 1.45. The Morgan fingerprint density at radius 1 is 1.38 bits per heavy atom. The third-order valence-electron chi connectivity index (χ3n) is 2.26. The van der Waals surface area contributed by atoms with E-state index >= 15 is 0 Å². The van der Waals surface area contributed by atoms with Gasteiger partial charge in [0.1, 0.15) is 0 Å². The Morgan fingerprint density at radius 2 is 2.00 bits per heavy atom.